The van der Waals surface area contributed by atoms with Gasteiger partial charge in [0.2, 0.25) is 0 Å². The third-order valence-electron chi connectivity index (χ3n) is 2.45. The zero-order valence-corrected chi connectivity index (χ0v) is 8.31. The van der Waals surface area contributed by atoms with E-state index in [0.717, 1.165) is 11.4 Å². The molecule has 0 saturated heterocycles. The molecule has 1 aromatic rings. The highest BCUT2D eigenvalue weighted by molar-refractivity contribution is 6.31. The van der Waals surface area contributed by atoms with Gasteiger partial charge in [0.15, 0.2) is 0 Å². The van der Waals surface area contributed by atoms with Crippen molar-refractivity contribution in [3.05, 3.63) is 40.4 Å². The maximum atomic E-state index is 6.07. The van der Waals surface area contributed by atoms with E-state index in [4.69, 9.17) is 17.3 Å². The van der Waals surface area contributed by atoms with E-state index in [2.05, 4.69) is 12.1 Å². The minimum absolute atomic E-state index is 0.0970. The van der Waals surface area contributed by atoms with E-state index in [1.807, 2.05) is 19.1 Å². The van der Waals surface area contributed by atoms with Crippen LogP contribution in [0.25, 0.3) is 5.57 Å². The van der Waals surface area contributed by atoms with E-state index < -0.39 is 0 Å². The summed E-state index contributed by atoms with van der Waals surface area (Å²) in [5, 5.41) is 0.851. The van der Waals surface area contributed by atoms with Crippen molar-refractivity contribution in [1.29, 1.82) is 0 Å². The summed E-state index contributed by atoms with van der Waals surface area (Å²) in [6.07, 6.45) is 3.09. The van der Waals surface area contributed by atoms with E-state index in [1.165, 1.54) is 16.7 Å². The molecule has 0 amide bonds. The Balaban J connectivity index is 2.50. The Morgan fingerprint density at radius 3 is 2.92 bits per heavy atom. The summed E-state index contributed by atoms with van der Waals surface area (Å²) in [6, 6.07) is 6.09. The van der Waals surface area contributed by atoms with Crippen LogP contribution < -0.4 is 5.73 Å². The molecular weight excluding hydrogens is 182 g/mol. The lowest BCUT2D eigenvalue weighted by molar-refractivity contribution is 0.949. The first-order valence-corrected chi connectivity index (χ1v) is 4.81. The zero-order valence-electron chi connectivity index (χ0n) is 7.55. The summed E-state index contributed by atoms with van der Waals surface area (Å²) >= 11 is 6.07. The van der Waals surface area contributed by atoms with Crippen LogP contribution in [0.4, 0.5) is 0 Å². The Kier molecular flexibility index (Phi) is 2.14. The summed E-state index contributed by atoms with van der Waals surface area (Å²) in [7, 11) is 0. The van der Waals surface area contributed by atoms with Gasteiger partial charge in [-0.25, -0.2) is 0 Å². The fraction of sp³-hybridized carbons (Fsp3) is 0.273. The van der Waals surface area contributed by atoms with Crippen molar-refractivity contribution in [3.8, 4) is 0 Å². The highest BCUT2D eigenvalue weighted by atomic mass is 35.5. The summed E-state index contributed by atoms with van der Waals surface area (Å²) in [4.78, 5) is 0. The van der Waals surface area contributed by atoms with Crippen molar-refractivity contribution < 1.29 is 0 Å². The summed E-state index contributed by atoms with van der Waals surface area (Å²) in [5.41, 5.74) is 9.51. The van der Waals surface area contributed by atoms with Crippen molar-refractivity contribution in [1.82, 2.24) is 0 Å². The van der Waals surface area contributed by atoms with Gasteiger partial charge in [-0.05, 0) is 36.1 Å². The maximum Gasteiger partial charge on any atom is 0.0447 e. The van der Waals surface area contributed by atoms with Gasteiger partial charge < -0.3 is 5.73 Å². The molecule has 2 rings (SSSR count). The molecule has 2 N–H and O–H groups in total. The molecule has 1 aromatic carbocycles. The van der Waals surface area contributed by atoms with Crippen LogP contribution >= 0.6 is 11.6 Å². The zero-order chi connectivity index (χ0) is 9.42. The largest absolute Gasteiger partial charge is 0.324 e. The minimum Gasteiger partial charge on any atom is -0.324 e. The molecule has 0 bridgehead atoms. The Bertz CT molecular complexity index is 366. The summed E-state index contributed by atoms with van der Waals surface area (Å²) in [6.45, 7) is 2.00. The smallest absolute Gasteiger partial charge is 0.0447 e. The van der Waals surface area contributed by atoms with E-state index in [-0.39, 0.29) is 6.04 Å². The van der Waals surface area contributed by atoms with Gasteiger partial charge in [0.05, 0.1) is 0 Å². The number of halogens is 1. The second-order valence-electron chi connectivity index (χ2n) is 3.42. The molecule has 1 unspecified atom stereocenters. The lowest BCUT2D eigenvalue weighted by atomic mass is 10.0. The normalized spacial score (nSPS) is 16.7. The Morgan fingerprint density at radius 1 is 1.46 bits per heavy atom. The van der Waals surface area contributed by atoms with E-state index in [1.54, 1.807) is 0 Å². The van der Waals surface area contributed by atoms with Crippen LogP contribution in [0.5, 0.6) is 0 Å². The van der Waals surface area contributed by atoms with Crippen LogP contribution in [0.2, 0.25) is 5.02 Å². The predicted molar refractivity (Wildman–Crippen MR) is 56.8 cm³/mol. The van der Waals surface area contributed by atoms with Crippen molar-refractivity contribution in [2.24, 2.45) is 5.73 Å². The SMILES string of the molecule is CC(N)C1=CCc2c(Cl)cccc21. The van der Waals surface area contributed by atoms with Crippen LogP contribution in [0.15, 0.2) is 24.3 Å². The van der Waals surface area contributed by atoms with Crippen molar-refractivity contribution in [3.63, 3.8) is 0 Å². The molecule has 0 heterocycles. The lowest BCUT2D eigenvalue weighted by Gasteiger charge is -2.09. The number of nitrogens with two attached hydrogens (primary N) is 1. The fourth-order valence-corrected chi connectivity index (χ4v) is 2.04. The maximum absolute atomic E-state index is 6.07. The van der Waals surface area contributed by atoms with Gasteiger partial charge in [0.25, 0.3) is 0 Å². The molecular formula is C11H12ClN. The van der Waals surface area contributed by atoms with E-state index in [0.29, 0.717) is 0 Å². The molecule has 0 radical (unpaired) electrons. The van der Waals surface area contributed by atoms with Crippen LogP contribution in [-0.2, 0) is 6.42 Å². The first-order valence-electron chi connectivity index (χ1n) is 4.43. The van der Waals surface area contributed by atoms with Crippen molar-refractivity contribution >= 4 is 17.2 Å². The number of hydrogen-bond donors (Lipinski definition) is 1. The Labute approximate surface area is 83.2 Å². The second kappa shape index (κ2) is 3.17. The van der Waals surface area contributed by atoms with Crippen LogP contribution in [0, 0.1) is 0 Å². The molecule has 13 heavy (non-hydrogen) atoms. The Morgan fingerprint density at radius 2 is 2.23 bits per heavy atom. The minimum atomic E-state index is 0.0970. The van der Waals surface area contributed by atoms with Gasteiger partial charge in [-0.15, -0.1) is 0 Å². The lowest BCUT2D eigenvalue weighted by Crippen LogP contribution is -2.15. The number of allylic oxidation sites excluding steroid dienone is 1. The van der Waals surface area contributed by atoms with E-state index >= 15 is 0 Å². The molecule has 0 saturated carbocycles. The van der Waals surface area contributed by atoms with Crippen LogP contribution in [-0.4, -0.2) is 6.04 Å². The topological polar surface area (TPSA) is 26.0 Å². The molecule has 1 aliphatic carbocycles. The third kappa shape index (κ3) is 1.38. The molecule has 0 aliphatic heterocycles. The molecule has 1 nitrogen and oxygen atoms in total. The van der Waals surface area contributed by atoms with Gasteiger partial charge in [-0.3, -0.25) is 0 Å². The van der Waals surface area contributed by atoms with Crippen LogP contribution in [0.3, 0.4) is 0 Å². The summed E-state index contributed by atoms with van der Waals surface area (Å²) in [5.74, 6) is 0. The molecule has 68 valence electrons. The van der Waals surface area contributed by atoms with E-state index in [9.17, 15) is 0 Å². The average molecular weight is 194 g/mol. The quantitative estimate of drug-likeness (QED) is 0.729. The summed E-state index contributed by atoms with van der Waals surface area (Å²) < 4.78 is 0. The van der Waals surface area contributed by atoms with Crippen LogP contribution in [0.1, 0.15) is 18.1 Å². The fourth-order valence-electron chi connectivity index (χ4n) is 1.79. The molecule has 0 spiro atoms. The number of fused-ring (bicyclic) bond motifs is 1. The molecule has 2 heteroatoms. The number of hydrogen-bond acceptors (Lipinski definition) is 1. The van der Waals surface area contributed by atoms with Gasteiger partial charge in [-0.1, -0.05) is 29.8 Å². The predicted octanol–water partition coefficient (Wildman–Crippen LogP) is 2.63. The molecule has 0 aromatic heterocycles. The highest BCUT2D eigenvalue weighted by Gasteiger charge is 2.18. The first-order chi connectivity index (χ1) is 6.20. The van der Waals surface area contributed by atoms with Crippen molar-refractivity contribution in [2.75, 3.05) is 0 Å². The monoisotopic (exact) mass is 193 g/mol. The average Bonchev–Trinajstić information content (AvgIpc) is 2.48. The second-order valence-corrected chi connectivity index (χ2v) is 3.83. The number of benzene rings is 1. The van der Waals surface area contributed by atoms with Gasteiger partial charge >= 0.3 is 0 Å². The van der Waals surface area contributed by atoms with Gasteiger partial charge in [0, 0.05) is 11.1 Å². The van der Waals surface area contributed by atoms with Crippen molar-refractivity contribution in [2.45, 2.75) is 19.4 Å². The van der Waals surface area contributed by atoms with Gasteiger partial charge in [0.1, 0.15) is 0 Å². The number of rotatable bonds is 1. The molecule has 1 aliphatic rings. The Hall–Kier alpha value is -0.790. The molecule has 1 atom stereocenters. The molecule has 0 fully saturated rings. The van der Waals surface area contributed by atoms with Gasteiger partial charge in [-0.2, -0.15) is 0 Å². The highest BCUT2D eigenvalue weighted by Crippen LogP contribution is 2.33. The standard InChI is InChI=1S/C11H12ClN/c1-7(13)8-5-6-10-9(8)3-2-4-11(10)12/h2-5,7H,6,13H2,1H3. The third-order valence-corrected chi connectivity index (χ3v) is 2.80. The first kappa shape index (κ1) is 8.79.